The Hall–Kier alpha value is -1.95. The molecule has 4 atom stereocenters. The Bertz CT molecular complexity index is 841. The summed E-state index contributed by atoms with van der Waals surface area (Å²) < 4.78 is 20.4. The number of unbranched alkanes of at least 4 members (excludes halogenated alkanes) is 10. The van der Waals surface area contributed by atoms with Crippen molar-refractivity contribution in [2.75, 3.05) is 6.61 Å². The third kappa shape index (κ3) is 7.60. The molecule has 1 aliphatic heterocycles. The highest BCUT2D eigenvalue weighted by Crippen LogP contribution is 2.30. The third-order valence-electron chi connectivity index (χ3n) is 5.59. The van der Waals surface area contributed by atoms with Gasteiger partial charge in [0.2, 0.25) is 0 Å². The number of aromatic nitrogens is 2. The van der Waals surface area contributed by atoms with E-state index in [1.54, 1.807) is 0 Å². The van der Waals surface area contributed by atoms with Crippen LogP contribution in [0.3, 0.4) is 0 Å². The molecule has 7 nitrogen and oxygen atoms in total. The van der Waals surface area contributed by atoms with E-state index >= 15 is 0 Å². The Morgan fingerprint density at radius 3 is 2.29 bits per heavy atom. The monoisotopic (exact) mass is 438 g/mol. The van der Waals surface area contributed by atoms with E-state index in [1.165, 1.54) is 51.4 Å². The van der Waals surface area contributed by atoms with Crippen LogP contribution >= 0.6 is 0 Å². The van der Waals surface area contributed by atoms with Gasteiger partial charge >= 0.3 is 5.69 Å². The molecule has 0 bridgehead atoms. The van der Waals surface area contributed by atoms with Crippen LogP contribution in [0.4, 0.5) is 4.39 Å². The fourth-order valence-corrected chi connectivity index (χ4v) is 3.70. The fourth-order valence-electron chi connectivity index (χ4n) is 3.70. The number of ether oxygens (including phenoxy) is 1. The lowest BCUT2D eigenvalue weighted by Gasteiger charge is -2.15. The number of nitrogens with zero attached hydrogens (tertiary/aromatic N) is 1. The average molecular weight is 439 g/mol. The maximum atomic E-state index is 14.3. The van der Waals surface area contributed by atoms with Crippen LogP contribution in [0.2, 0.25) is 0 Å². The first-order valence-corrected chi connectivity index (χ1v) is 11.4. The summed E-state index contributed by atoms with van der Waals surface area (Å²) >= 11 is 0. The minimum absolute atomic E-state index is 0.0319. The van der Waals surface area contributed by atoms with Crippen LogP contribution in [0.15, 0.2) is 15.8 Å². The molecule has 31 heavy (non-hydrogen) atoms. The molecule has 0 saturated carbocycles. The van der Waals surface area contributed by atoms with Crippen molar-refractivity contribution in [3.8, 4) is 11.8 Å². The largest absolute Gasteiger partial charge is 0.394 e. The standard InChI is InChI=1S/C23H35FN2O5/c1-2-3-4-5-6-7-8-9-10-11-12-13-14-17-15-26(23(30)25-21(17)29)22-19(24)20(28)18(16-27)31-22/h15,18-20,22,27-28H,2-12,16H2,1H3,(H,25,29,30)/t18-,19-,20-,22-/m1/s1. The van der Waals surface area contributed by atoms with Crippen molar-refractivity contribution in [3.05, 3.63) is 32.6 Å². The van der Waals surface area contributed by atoms with Crippen molar-refractivity contribution in [2.24, 2.45) is 0 Å². The van der Waals surface area contributed by atoms with Gasteiger partial charge in [0.15, 0.2) is 12.4 Å². The van der Waals surface area contributed by atoms with Gasteiger partial charge in [0.1, 0.15) is 17.8 Å². The van der Waals surface area contributed by atoms with Gasteiger partial charge in [-0.15, -0.1) is 0 Å². The van der Waals surface area contributed by atoms with Crippen LogP contribution < -0.4 is 11.2 Å². The van der Waals surface area contributed by atoms with Gasteiger partial charge in [0, 0.05) is 12.6 Å². The number of aromatic amines is 1. The van der Waals surface area contributed by atoms with E-state index in [0.717, 1.165) is 23.6 Å². The maximum Gasteiger partial charge on any atom is 0.330 e. The lowest BCUT2D eigenvalue weighted by Crippen LogP contribution is -2.37. The Morgan fingerprint density at radius 1 is 1.10 bits per heavy atom. The summed E-state index contributed by atoms with van der Waals surface area (Å²) in [5.74, 6) is 5.68. The Morgan fingerprint density at radius 2 is 1.71 bits per heavy atom. The molecule has 0 radical (unpaired) electrons. The summed E-state index contributed by atoms with van der Waals surface area (Å²) in [5.41, 5.74) is -1.47. The van der Waals surface area contributed by atoms with E-state index < -0.39 is 42.5 Å². The minimum Gasteiger partial charge on any atom is -0.394 e. The normalized spacial score (nSPS) is 23.0. The summed E-state index contributed by atoms with van der Waals surface area (Å²) in [6, 6.07) is 0. The molecule has 174 valence electrons. The maximum absolute atomic E-state index is 14.3. The van der Waals surface area contributed by atoms with Crippen molar-refractivity contribution in [1.82, 2.24) is 9.55 Å². The molecule has 0 aromatic carbocycles. The van der Waals surface area contributed by atoms with Crippen LogP contribution in [-0.2, 0) is 4.74 Å². The second-order valence-corrected chi connectivity index (χ2v) is 8.13. The van der Waals surface area contributed by atoms with E-state index in [9.17, 15) is 19.1 Å². The van der Waals surface area contributed by atoms with E-state index in [-0.39, 0.29) is 5.56 Å². The molecule has 0 amide bonds. The number of aliphatic hydroxyl groups excluding tert-OH is 2. The Kier molecular flexibility index (Phi) is 11.0. The molecule has 0 unspecified atom stereocenters. The number of alkyl halides is 1. The zero-order valence-corrected chi connectivity index (χ0v) is 18.3. The first kappa shape index (κ1) is 25.3. The zero-order chi connectivity index (χ0) is 22.6. The van der Waals surface area contributed by atoms with Gasteiger partial charge in [-0.1, -0.05) is 76.6 Å². The van der Waals surface area contributed by atoms with Gasteiger partial charge in [0.05, 0.1) is 6.61 Å². The van der Waals surface area contributed by atoms with E-state index in [1.807, 2.05) is 0 Å². The third-order valence-corrected chi connectivity index (χ3v) is 5.59. The summed E-state index contributed by atoms with van der Waals surface area (Å²) in [5, 5.41) is 18.9. The minimum atomic E-state index is -1.91. The van der Waals surface area contributed by atoms with Crippen molar-refractivity contribution in [2.45, 2.75) is 102 Å². The lowest BCUT2D eigenvalue weighted by atomic mass is 10.1. The van der Waals surface area contributed by atoms with Gasteiger partial charge in [-0.25, -0.2) is 9.18 Å². The highest BCUT2D eigenvalue weighted by atomic mass is 19.1. The molecule has 3 N–H and O–H groups in total. The molecule has 0 spiro atoms. The first-order chi connectivity index (χ1) is 15.0. The predicted molar refractivity (Wildman–Crippen MR) is 117 cm³/mol. The van der Waals surface area contributed by atoms with Crippen LogP contribution in [0.25, 0.3) is 0 Å². The molecule has 1 aliphatic rings. The molecule has 1 aromatic rings. The zero-order valence-electron chi connectivity index (χ0n) is 18.3. The molecule has 1 saturated heterocycles. The first-order valence-electron chi connectivity index (χ1n) is 11.4. The highest BCUT2D eigenvalue weighted by Gasteiger charge is 2.45. The average Bonchev–Trinajstić information content (AvgIpc) is 3.04. The van der Waals surface area contributed by atoms with Gasteiger partial charge in [-0.2, -0.15) is 0 Å². The molecule has 2 heterocycles. The van der Waals surface area contributed by atoms with Crippen molar-refractivity contribution >= 4 is 0 Å². The van der Waals surface area contributed by atoms with Gasteiger partial charge in [0.25, 0.3) is 5.56 Å². The number of hydrogen-bond acceptors (Lipinski definition) is 5. The topological polar surface area (TPSA) is 105 Å². The summed E-state index contributed by atoms with van der Waals surface area (Å²) in [4.78, 5) is 26.2. The predicted octanol–water partition coefficient (Wildman–Crippen LogP) is 2.79. The highest BCUT2D eigenvalue weighted by molar-refractivity contribution is 5.29. The number of hydrogen-bond donors (Lipinski definition) is 3. The SMILES string of the molecule is CCCCCCCCCCCCC#Cc1cn([C@@H]2O[C@H](CO)[C@@H](O)[C@H]2F)c(=O)[nH]c1=O. The van der Waals surface area contributed by atoms with Gasteiger partial charge in [-0.05, 0) is 6.42 Å². The molecular weight excluding hydrogens is 403 g/mol. The molecular formula is C23H35FN2O5. The smallest absolute Gasteiger partial charge is 0.330 e. The van der Waals surface area contributed by atoms with Crippen LogP contribution in [0.1, 0.15) is 89.3 Å². The van der Waals surface area contributed by atoms with Crippen LogP contribution in [0.5, 0.6) is 0 Å². The molecule has 0 aliphatic carbocycles. The van der Waals surface area contributed by atoms with E-state index in [4.69, 9.17) is 9.84 Å². The number of rotatable bonds is 12. The molecule has 2 rings (SSSR count). The Labute approximate surface area is 182 Å². The molecule has 1 aromatic heterocycles. The van der Waals surface area contributed by atoms with E-state index in [2.05, 4.69) is 23.7 Å². The summed E-state index contributed by atoms with van der Waals surface area (Å²) in [6.45, 7) is 1.64. The Balaban J connectivity index is 1.82. The summed E-state index contributed by atoms with van der Waals surface area (Å²) in [6.07, 6.45) is 8.00. The molecule has 8 heteroatoms. The number of aliphatic hydroxyl groups is 2. The van der Waals surface area contributed by atoms with Crippen molar-refractivity contribution in [3.63, 3.8) is 0 Å². The quantitative estimate of drug-likeness (QED) is 0.344. The van der Waals surface area contributed by atoms with E-state index in [0.29, 0.717) is 6.42 Å². The number of halogens is 1. The van der Waals surface area contributed by atoms with Crippen LogP contribution in [-0.4, -0.2) is 44.8 Å². The molecule has 1 fully saturated rings. The number of H-pyrrole nitrogens is 1. The van der Waals surface area contributed by atoms with Gasteiger partial charge in [-0.3, -0.25) is 14.3 Å². The lowest BCUT2D eigenvalue weighted by molar-refractivity contribution is -0.0491. The number of nitrogens with one attached hydrogen (secondary N) is 1. The summed E-state index contributed by atoms with van der Waals surface area (Å²) in [7, 11) is 0. The van der Waals surface area contributed by atoms with Crippen molar-refractivity contribution in [1.29, 1.82) is 0 Å². The fraction of sp³-hybridized carbons (Fsp3) is 0.739. The van der Waals surface area contributed by atoms with Gasteiger partial charge < -0.3 is 14.9 Å². The second kappa shape index (κ2) is 13.5. The second-order valence-electron chi connectivity index (χ2n) is 8.13. The van der Waals surface area contributed by atoms with Crippen molar-refractivity contribution < 1.29 is 19.3 Å². The van der Waals surface area contributed by atoms with Crippen LogP contribution in [0, 0.1) is 11.8 Å².